The lowest BCUT2D eigenvalue weighted by Gasteiger charge is -2.36. The molecule has 6 rings (SSSR count). The molecule has 0 saturated carbocycles. The van der Waals surface area contributed by atoms with Gasteiger partial charge in [0.2, 0.25) is 11.8 Å². The van der Waals surface area contributed by atoms with Crippen LogP contribution in [-0.2, 0) is 14.3 Å². The van der Waals surface area contributed by atoms with E-state index in [0.717, 1.165) is 40.4 Å². The number of likely N-dealkylation sites (tertiary alicyclic amines) is 1. The second kappa shape index (κ2) is 9.25. The third-order valence-corrected chi connectivity index (χ3v) is 8.55. The first-order valence-corrected chi connectivity index (χ1v) is 13.1. The molecule has 1 aromatic heterocycles. The zero-order valence-corrected chi connectivity index (χ0v) is 20.5. The number of carbonyl (C=O) groups is 3. The maximum atomic E-state index is 13.4. The van der Waals surface area contributed by atoms with Crippen LogP contribution in [0, 0.1) is 0 Å². The van der Waals surface area contributed by atoms with Gasteiger partial charge in [-0.05, 0) is 42.7 Å². The Kier molecular flexibility index (Phi) is 5.93. The number of nitrogens with one attached hydrogen (secondary N) is 2. The molecule has 5 heterocycles. The molecule has 2 unspecified atom stereocenters. The topological polar surface area (TPSA) is 104 Å². The second-order valence-electron chi connectivity index (χ2n) is 9.52. The Morgan fingerprint density at radius 2 is 2.14 bits per heavy atom. The van der Waals surface area contributed by atoms with Crippen LogP contribution in [0.25, 0.3) is 0 Å². The van der Waals surface area contributed by atoms with Crippen LogP contribution in [0.4, 0.5) is 16.2 Å². The van der Waals surface area contributed by atoms with Crippen LogP contribution in [0.15, 0.2) is 54.2 Å². The number of thioether (sulfide) groups is 1. The predicted octanol–water partition coefficient (Wildman–Crippen LogP) is 2.87. The molecule has 9 nitrogen and oxygen atoms in total. The number of nitrogens with zero attached hydrogens (tertiary/aromatic N) is 3. The summed E-state index contributed by atoms with van der Waals surface area (Å²) < 4.78 is 5.34. The highest BCUT2D eigenvalue weighted by molar-refractivity contribution is 8.01. The van der Waals surface area contributed by atoms with Gasteiger partial charge in [0, 0.05) is 36.8 Å². The van der Waals surface area contributed by atoms with E-state index in [1.807, 2.05) is 24.3 Å². The number of hydrogen-bond acceptors (Lipinski definition) is 6. The van der Waals surface area contributed by atoms with E-state index in [-0.39, 0.29) is 23.9 Å². The second-order valence-corrected chi connectivity index (χ2v) is 10.6. The van der Waals surface area contributed by atoms with E-state index in [1.54, 1.807) is 16.0 Å². The maximum absolute atomic E-state index is 13.4. The molecule has 0 spiro atoms. The molecule has 1 aromatic carbocycles. The average molecular weight is 506 g/mol. The van der Waals surface area contributed by atoms with Gasteiger partial charge in [-0.15, -0.1) is 0 Å². The molecule has 36 heavy (non-hydrogen) atoms. The number of benzene rings is 1. The Hall–Kier alpha value is -3.37. The van der Waals surface area contributed by atoms with Crippen LogP contribution in [0.5, 0.6) is 0 Å². The Bertz CT molecular complexity index is 1250. The van der Waals surface area contributed by atoms with Gasteiger partial charge in [-0.2, -0.15) is 0 Å². The molecular formula is C26H27N5O4S. The van der Waals surface area contributed by atoms with Crippen molar-refractivity contribution in [2.24, 2.45) is 0 Å². The molecule has 2 aromatic rings. The fraction of sp³-hybridized carbons (Fsp3) is 0.385. The third-order valence-electron chi connectivity index (χ3n) is 7.26. The first-order valence-electron chi connectivity index (χ1n) is 12.2. The largest absolute Gasteiger partial charge is 0.380 e. The van der Waals surface area contributed by atoms with Crippen molar-refractivity contribution in [2.75, 3.05) is 31.2 Å². The third kappa shape index (κ3) is 3.94. The minimum atomic E-state index is -0.538. The molecule has 0 radical (unpaired) electrons. The Balaban J connectivity index is 1.24. The van der Waals surface area contributed by atoms with Gasteiger partial charge < -0.3 is 20.3 Å². The minimum Gasteiger partial charge on any atom is -0.380 e. The number of aromatic nitrogens is 1. The number of pyridine rings is 1. The molecule has 2 N–H and O–H groups in total. The van der Waals surface area contributed by atoms with Crippen molar-refractivity contribution >= 4 is 41.0 Å². The fourth-order valence-electron chi connectivity index (χ4n) is 5.33. The molecule has 186 valence electrons. The summed E-state index contributed by atoms with van der Waals surface area (Å²) in [7, 11) is 0. The quantitative estimate of drug-likeness (QED) is 0.606. The van der Waals surface area contributed by atoms with Gasteiger partial charge >= 0.3 is 6.03 Å². The van der Waals surface area contributed by atoms with Crippen LogP contribution in [0.2, 0.25) is 0 Å². The molecule has 4 aliphatic rings. The van der Waals surface area contributed by atoms with Crippen molar-refractivity contribution in [3.05, 3.63) is 60.3 Å². The first-order chi connectivity index (χ1) is 17.5. The van der Waals surface area contributed by atoms with Crippen molar-refractivity contribution in [1.29, 1.82) is 0 Å². The van der Waals surface area contributed by atoms with Gasteiger partial charge in [-0.1, -0.05) is 30.5 Å². The monoisotopic (exact) mass is 505 g/mol. The molecule has 4 aliphatic heterocycles. The Morgan fingerprint density at radius 1 is 1.28 bits per heavy atom. The van der Waals surface area contributed by atoms with Gasteiger partial charge in [0.1, 0.15) is 10.3 Å². The standard InChI is InChI=1S/C26H27N5O4S/c1-2-20(32)30-10-4-6-17(12-30)28-24(33)23-22-21-19(8-9-27-25(21)36-23)31(26(34)29-22)18-7-3-5-15(11-18)16-13-35-14-16/h2-3,5,7-9,11,16-17,22-23H,1,4,6,10,12-14H2,(H,28,33)(H,29,34)/t17?,22?,23-/m1/s1. The lowest BCUT2D eigenvalue weighted by Crippen LogP contribution is -2.53. The molecule has 2 fully saturated rings. The van der Waals surface area contributed by atoms with Crippen molar-refractivity contribution in [2.45, 2.75) is 41.1 Å². The number of piperidine rings is 1. The molecule has 4 amide bonds. The molecular weight excluding hydrogens is 478 g/mol. The normalized spacial score (nSPS) is 25.0. The fourth-order valence-corrected chi connectivity index (χ4v) is 6.57. The number of ether oxygens (including phenoxy) is 1. The summed E-state index contributed by atoms with van der Waals surface area (Å²) in [4.78, 5) is 46.7. The Labute approximate surface area is 213 Å². The van der Waals surface area contributed by atoms with E-state index < -0.39 is 11.3 Å². The zero-order chi connectivity index (χ0) is 24.8. The number of urea groups is 1. The summed E-state index contributed by atoms with van der Waals surface area (Å²) in [6.07, 6.45) is 4.61. The number of amides is 4. The van der Waals surface area contributed by atoms with E-state index in [4.69, 9.17) is 4.74 Å². The molecule has 3 atom stereocenters. The van der Waals surface area contributed by atoms with E-state index in [2.05, 4.69) is 28.3 Å². The highest BCUT2D eigenvalue weighted by Gasteiger charge is 2.47. The summed E-state index contributed by atoms with van der Waals surface area (Å²) >= 11 is 1.37. The van der Waals surface area contributed by atoms with Crippen molar-refractivity contribution in [1.82, 2.24) is 20.5 Å². The van der Waals surface area contributed by atoms with Gasteiger partial charge in [0.05, 0.1) is 30.6 Å². The van der Waals surface area contributed by atoms with Crippen LogP contribution < -0.4 is 15.5 Å². The van der Waals surface area contributed by atoms with E-state index in [1.165, 1.54) is 17.8 Å². The number of rotatable bonds is 5. The Morgan fingerprint density at radius 3 is 2.92 bits per heavy atom. The molecule has 2 saturated heterocycles. The highest BCUT2D eigenvalue weighted by Crippen LogP contribution is 2.50. The highest BCUT2D eigenvalue weighted by atomic mass is 32.2. The lowest BCUT2D eigenvalue weighted by molar-refractivity contribution is -0.129. The van der Waals surface area contributed by atoms with E-state index >= 15 is 0 Å². The van der Waals surface area contributed by atoms with Crippen LogP contribution in [-0.4, -0.2) is 65.3 Å². The average Bonchev–Trinajstić information content (AvgIpc) is 3.22. The lowest BCUT2D eigenvalue weighted by atomic mass is 9.96. The SMILES string of the molecule is C=CC(=O)N1CCCC(NC(=O)[C@@H]2Sc3nccc4c3C2NC(=O)N4c2cccc(C3COC3)c2)C1. The van der Waals surface area contributed by atoms with Crippen LogP contribution in [0.3, 0.4) is 0 Å². The van der Waals surface area contributed by atoms with Gasteiger partial charge in [0.15, 0.2) is 0 Å². The minimum absolute atomic E-state index is 0.126. The summed E-state index contributed by atoms with van der Waals surface area (Å²) in [6.45, 7) is 6.06. The molecule has 10 heteroatoms. The molecule has 0 aliphatic carbocycles. The van der Waals surface area contributed by atoms with Crippen LogP contribution in [0.1, 0.15) is 35.9 Å². The first kappa shape index (κ1) is 23.1. The van der Waals surface area contributed by atoms with Crippen molar-refractivity contribution < 1.29 is 19.1 Å². The van der Waals surface area contributed by atoms with Crippen molar-refractivity contribution in [3.8, 4) is 0 Å². The smallest absolute Gasteiger partial charge is 0.327 e. The summed E-state index contributed by atoms with van der Waals surface area (Å²) in [5.74, 6) is 0.0568. The predicted molar refractivity (Wildman–Crippen MR) is 135 cm³/mol. The molecule has 0 bridgehead atoms. The van der Waals surface area contributed by atoms with E-state index in [9.17, 15) is 14.4 Å². The number of anilines is 2. The number of hydrogen-bond donors (Lipinski definition) is 2. The van der Waals surface area contributed by atoms with Crippen LogP contribution >= 0.6 is 11.8 Å². The van der Waals surface area contributed by atoms with Gasteiger partial charge in [0.25, 0.3) is 0 Å². The van der Waals surface area contributed by atoms with Gasteiger partial charge in [-0.25, -0.2) is 9.78 Å². The van der Waals surface area contributed by atoms with E-state index in [0.29, 0.717) is 32.2 Å². The van der Waals surface area contributed by atoms with Crippen molar-refractivity contribution in [3.63, 3.8) is 0 Å². The van der Waals surface area contributed by atoms with Gasteiger partial charge in [-0.3, -0.25) is 14.5 Å². The zero-order valence-electron chi connectivity index (χ0n) is 19.7. The summed E-state index contributed by atoms with van der Waals surface area (Å²) in [6, 6.07) is 8.92. The number of carbonyl (C=O) groups excluding carboxylic acids is 3. The summed E-state index contributed by atoms with van der Waals surface area (Å²) in [5, 5.41) is 6.39. The summed E-state index contributed by atoms with van der Waals surface area (Å²) in [5.41, 5.74) is 3.53. The maximum Gasteiger partial charge on any atom is 0.327 e.